The molecule has 1 unspecified atom stereocenters. The van der Waals surface area contributed by atoms with Crippen LogP contribution in [0.1, 0.15) is 26.2 Å². The van der Waals surface area contributed by atoms with E-state index in [0.29, 0.717) is 6.04 Å². The minimum Gasteiger partial charge on any atom is -0.349 e. The first kappa shape index (κ1) is 10.4. The molecule has 15 heavy (non-hydrogen) atoms. The molecule has 2 rings (SSSR count). The number of carbonyl (C=O) groups is 1. The minimum absolute atomic E-state index is 0.117. The van der Waals surface area contributed by atoms with Gasteiger partial charge in [0.15, 0.2) is 0 Å². The van der Waals surface area contributed by atoms with Crippen LogP contribution >= 0.6 is 0 Å². The zero-order valence-electron chi connectivity index (χ0n) is 9.18. The fourth-order valence-corrected chi connectivity index (χ4v) is 1.89. The Morgan fingerprint density at radius 3 is 2.80 bits per heavy atom. The summed E-state index contributed by atoms with van der Waals surface area (Å²) < 4.78 is 0. The fourth-order valence-electron chi connectivity index (χ4n) is 1.89. The van der Waals surface area contributed by atoms with Gasteiger partial charge in [0.1, 0.15) is 0 Å². The monoisotopic (exact) mass is 206 g/mol. The highest BCUT2D eigenvalue weighted by atomic mass is 16.1. The predicted molar refractivity (Wildman–Crippen MR) is 60.5 cm³/mol. The highest BCUT2D eigenvalue weighted by Crippen LogP contribution is 2.13. The number of rotatable bonds is 2. The molecule has 0 aromatic carbocycles. The Bertz CT molecular complexity index is 312. The number of nitrogens with one attached hydrogen (secondary N) is 2. The zero-order valence-corrected chi connectivity index (χ0v) is 9.18. The first-order valence-electron chi connectivity index (χ1n) is 5.62. The Balaban J connectivity index is 1.88. The van der Waals surface area contributed by atoms with Crippen molar-refractivity contribution in [2.24, 2.45) is 0 Å². The quantitative estimate of drug-likeness (QED) is 0.525. The molecule has 3 heteroatoms. The molecular formula is C12H18N2O. The summed E-state index contributed by atoms with van der Waals surface area (Å²) in [6.07, 6.45) is 7.48. The lowest BCUT2D eigenvalue weighted by Gasteiger charge is -2.24. The Labute approximate surface area is 90.6 Å². The van der Waals surface area contributed by atoms with E-state index in [2.05, 4.69) is 22.8 Å². The lowest BCUT2D eigenvalue weighted by molar-refractivity contribution is -0.118. The summed E-state index contributed by atoms with van der Waals surface area (Å²) in [7, 11) is 0. The standard InChI is InChI=1S/C12H18N2O/c1-9(10-7-13-8-10)12(15)14-11-5-3-2-4-6-11/h2-3,11,13H,4-8H2,1H3,(H,14,15). The van der Waals surface area contributed by atoms with Crippen molar-refractivity contribution in [3.63, 3.8) is 0 Å². The molecule has 1 saturated heterocycles. The van der Waals surface area contributed by atoms with Gasteiger partial charge in [-0.05, 0) is 31.8 Å². The van der Waals surface area contributed by atoms with Gasteiger partial charge in [-0.2, -0.15) is 0 Å². The van der Waals surface area contributed by atoms with Crippen LogP contribution in [0, 0.1) is 0 Å². The lowest BCUT2D eigenvalue weighted by Crippen LogP contribution is -2.40. The molecule has 1 amide bonds. The van der Waals surface area contributed by atoms with Crippen molar-refractivity contribution < 1.29 is 4.79 Å². The first-order chi connectivity index (χ1) is 7.27. The van der Waals surface area contributed by atoms with Crippen LogP contribution in [0.25, 0.3) is 0 Å². The predicted octanol–water partition coefficient (Wildman–Crippen LogP) is 1.13. The van der Waals surface area contributed by atoms with Crippen molar-refractivity contribution in [1.82, 2.24) is 10.6 Å². The highest BCUT2D eigenvalue weighted by Gasteiger charge is 2.18. The molecule has 2 aliphatic rings. The average molecular weight is 206 g/mol. The molecule has 82 valence electrons. The topological polar surface area (TPSA) is 41.1 Å². The van der Waals surface area contributed by atoms with Crippen LogP contribution in [-0.2, 0) is 4.79 Å². The third-order valence-corrected chi connectivity index (χ3v) is 3.15. The van der Waals surface area contributed by atoms with E-state index in [-0.39, 0.29) is 5.91 Å². The second kappa shape index (κ2) is 4.62. The molecule has 1 fully saturated rings. The van der Waals surface area contributed by atoms with Crippen molar-refractivity contribution in [2.45, 2.75) is 32.2 Å². The number of amides is 1. The summed E-state index contributed by atoms with van der Waals surface area (Å²) in [5.41, 5.74) is 2.15. The van der Waals surface area contributed by atoms with Crippen LogP contribution in [0.2, 0.25) is 0 Å². The van der Waals surface area contributed by atoms with E-state index in [0.717, 1.165) is 37.9 Å². The largest absolute Gasteiger partial charge is 0.349 e. The molecule has 0 bridgehead atoms. The van der Waals surface area contributed by atoms with E-state index in [1.807, 2.05) is 6.92 Å². The summed E-state index contributed by atoms with van der Waals surface area (Å²) in [4.78, 5) is 11.8. The van der Waals surface area contributed by atoms with Gasteiger partial charge in [0.2, 0.25) is 5.91 Å². The van der Waals surface area contributed by atoms with E-state index in [1.54, 1.807) is 0 Å². The van der Waals surface area contributed by atoms with Gasteiger partial charge in [0, 0.05) is 24.7 Å². The molecule has 1 aliphatic carbocycles. The van der Waals surface area contributed by atoms with Gasteiger partial charge >= 0.3 is 0 Å². The van der Waals surface area contributed by atoms with Gasteiger partial charge in [-0.25, -0.2) is 0 Å². The molecule has 1 heterocycles. The van der Waals surface area contributed by atoms with Gasteiger partial charge in [0.05, 0.1) is 0 Å². The smallest absolute Gasteiger partial charge is 0.247 e. The van der Waals surface area contributed by atoms with Gasteiger partial charge in [-0.3, -0.25) is 4.79 Å². The summed E-state index contributed by atoms with van der Waals surface area (Å²) >= 11 is 0. The normalized spacial score (nSPS) is 24.6. The molecule has 2 N–H and O–H groups in total. The molecule has 0 aromatic heterocycles. The van der Waals surface area contributed by atoms with E-state index in [1.165, 1.54) is 5.57 Å². The first-order valence-corrected chi connectivity index (χ1v) is 5.62. The number of carbonyl (C=O) groups excluding carboxylic acids is 1. The maximum Gasteiger partial charge on any atom is 0.247 e. The van der Waals surface area contributed by atoms with E-state index in [4.69, 9.17) is 0 Å². The summed E-state index contributed by atoms with van der Waals surface area (Å²) in [5, 5.41) is 6.24. The Kier molecular flexibility index (Phi) is 3.21. The third kappa shape index (κ3) is 2.48. The molecule has 0 spiro atoms. The van der Waals surface area contributed by atoms with Crippen LogP contribution in [0.4, 0.5) is 0 Å². The SMILES string of the molecule is CC(C(=O)NC1CC=CCC1)=C1CNC1. The van der Waals surface area contributed by atoms with Crippen LogP contribution < -0.4 is 10.6 Å². The van der Waals surface area contributed by atoms with Crippen molar-refractivity contribution in [2.75, 3.05) is 13.1 Å². The Morgan fingerprint density at radius 2 is 2.27 bits per heavy atom. The van der Waals surface area contributed by atoms with Crippen LogP contribution in [-0.4, -0.2) is 25.0 Å². The van der Waals surface area contributed by atoms with Gasteiger partial charge in [-0.1, -0.05) is 12.2 Å². The highest BCUT2D eigenvalue weighted by molar-refractivity contribution is 5.94. The number of hydrogen-bond acceptors (Lipinski definition) is 2. The molecule has 0 radical (unpaired) electrons. The van der Waals surface area contributed by atoms with E-state index >= 15 is 0 Å². The van der Waals surface area contributed by atoms with Crippen molar-refractivity contribution >= 4 is 5.91 Å². The molecule has 0 saturated carbocycles. The molecule has 1 aliphatic heterocycles. The number of hydrogen-bond donors (Lipinski definition) is 2. The fraction of sp³-hybridized carbons (Fsp3) is 0.583. The van der Waals surface area contributed by atoms with Crippen LogP contribution in [0.5, 0.6) is 0 Å². The van der Waals surface area contributed by atoms with Crippen LogP contribution in [0.3, 0.4) is 0 Å². The lowest BCUT2D eigenvalue weighted by atomic mass is 10.00. The van der Waals surface area contributed by atoms with Gasteiger partial charge in [0.25, 0.3) is 0 Å². The Morgan fingerprint density at radius 1 is 1.47 bits per heavy atom. The summed E-state index contributed by atoms with van der Waals surface area (Å²) in [6, 6.07) is 0.339. The maximum absolute atomic E-state index is 11.8. The minimum atomic E-state index is 0.117. The second-order valence-corrected chi connectivity index (χ2v) is 4.29. The third-order valence-electron chi connectivity index (χ3n) is 3.15. The Hall–Kier alpha value is -1.09. The van der Waals surface area contributed by atoms with Crippen molar-refractivity contribution in [3.8, 4) is 0 Å². The molecule has 3 nitrogen and oxygen atoms in total. The van der Waals surface area contributed by atoms with Gasteiger partial charge < -0.3 is 10.6 Å². The van der Waals surface area contributed by atoms with E-state index in [9.17, 15) is 4.79 Å². The van der Waals surface area contributed by atoms with Crippen LogP contribution in [0.15, 0.2) is 23.3 Å². The van der Waals surface area contributed by atoms with E-state index < -0.39 is 0 Å². The summed E-state index contributed by atoms with van der Waals surface area (Å²) in [5.74, 6) is 0.117. The maximum atomic E-state index is 11.8. The molecule has 1 atom stereocenters. The van der Waals surface area contributed by atoms with Crippen molar-refractivity contribution in [3.05, 3.63) is 23.3 Å². The van der Waals surface area contributed by atoms with Gasteiger partial charge in [-0.15, -0.1) is 0 Å². The second-order valence-electron chi connectivity index (χ2n) is 4.29. The number of allylic oxidation sites excluding steroid dienone is 1. The zero-order chi connectivity index (χ0) is 10.7. The average Bonchev–Trinajstić information content (AvgIpc) is 2.16. The molecular weight excluding hydrogens is 188 g/mol. The molecule has 0 aromatic rings. The van der Waals surface area contributed by atoms with Crippen molar-refractivity contribution in [1.29, 1.82) is 0 Å². The summed E-state index contributed by atoms with van der Waals surface area (Å²) in [6.45, 7) is 3.68.